The molecule has 1 aliphatic heterocycles. The highest BCUT2D eigenvalue weighted by atomic mass is 15.2. The van der Waals surface area contributed by atoms with Gasteiger partial charge in [0.25, 0.3) is 0 Å². The molecular weight excluding hydrogens is 164 g/mol. The third-order valence-corrected chi connectivity index (χ3v) is 2.77. The van der Waals surface area contributed by atoms with Crippen molar-refractivity contribution < 1.29 is 0 Å². The second-order valence-electron chi connectivity index (χ2n) is 3.55. The fourth-order valence-electron chi connectivity index (χ4n) is 2.03. The highest BCUT2D eigenvalue weighted by Gasteiger charge is 2.19. The van der Waals surface area contributed by atoms with Gasteiger partial charge < -0.3 is 4.90 Å². The zero-order chi connectivity index (χ0) is 9.52. The van der Waals surface area contributed by atoms with E-state index in [0.29, 0.717) is 6.54 Å². The minimum atomic E-state index is 0.618. The summed E-state index contributed by atoms with van der Waals surface area (Å²) >= 11 is 0. The lowest BCUT2D eigenvalue weighted by atomic mass is 10.0. The maximum absolute atomic E-state index is 8.16. The lowest BCUT2D eigenvalue weighted by Gasteiger charge is -2.34. The number of likely N-dealkylation sites (tertiary alicyclic amines) is 1. The van der Waals surface area contributed by atoms with Crippen LogP contribution in [0.2, 0.25) is 0 Å². The van der Waals surface area contributed by atoms with Crippen molar-refractivity contribution in [1.29, 1.82) is 0 Å². The van der Waals surface area contributed by atoms with Crippen LogP contribution in [-0.2, 0) is 0 Å². The van der Waals surface area contributed by atoms with Gasteiger partial charge in [0.1, 0.15) is 0 Å². The van der Waals surface area contributed by atoms with Crippen LogP contribution >= 0.6 is 0 Å². The molecule has 1 aliphatic rings. The summed E-state index contributed by atoms with van der Waals surface area (Å²) in [6, 6.07) is 0.725. The number of nitrogens with zero attached hydrogens (tertiary/aromatic N) is 4. The van der Waals surface area contributed by atoms with Gasteiger partial charge in [0, 0.05) is 24.0 Å². The van der Waals surface area contributed by atoms with E-state index in [-0.39, 0.29) is 0 Å². The summed E-state index contributed by atoms with van der Waals surface area (Å²) in [7, 11) is 0. The van der Waals surface area contributed by atoms with E-state index in [2.05, 4.69) is 21.8 Å². The van der Waals surface area contributed by atoms with Gasteiger partial charge in [-0.05, 0) is 31.3 Å². The van der Waals surface area contributed by atoms with E-state index in [1.54, 1.807) is 0 Å². The number of azide groups is 1. The van der Waals surface area contributed by atoms with Crippen molar-refractivity contribution in [2.75, 3.05) is 19.6 Å². The van der Waals surface area contributed by atoms with Gasteiger partial charge in [-0.25, -0.2) is 0 Å². The monoisotopic (exact) mass is 182 g/mol. The molecule has 0 amide bonds. The Hall–Kier alpha value is -0.730. The lowest BCUT2D eigenvalue weighted by molar-refractivity contribution is 0.148. The maximum atomic E-state index is 8.16. The highest BCUT2D eigenvalue weighted by Crippen LogP contribution is 2.18. The van der Waals surface area contributed by atoms with E-state index >= 15 is 0 Å². The van der Waals surface area contributed by atoms with Crippen LogP contribution in [0.25, 0.3) is 10.4 Å². The molecule has 4 heteroatoms. The largest absolute Gasteiger partial charge is 0.300 e. The third kappa shape index (κ3) is 3.25. The van der Waals surface area contributed by atoms with E-state index in [1.165, 1.54) is 32.2 Å². The summed E-state index contributed by atoms with van der Waals surface area (Å²) in [5.74, 6) is 0. The zero-order valence-corrected chi connectivity index (χ0v) is 8.32. The Bertz CT molecular complexity index is 186. The van der Waals surface area contributed by atoms with Crippen molar-refractivity contribution in [3.63, 3.8) is 0 Å². The Morgan fingerprint density at radius 2 is 2.38 bits per heavy atom. The molecule has 0 spiro atoms. The summed E-state index contributed by atoms with van der Waals surface area (Å²) in [5.41, 5.74) is 8.16. The van der Waals surface area contributed by atoms with E-state index in [0.717, 1.165) is 12.6 Å². The first-order valence-electron chi connectivity index (χ1n) is 5.13. The minimum absolute atomic E-state index is 0.618. The summed E-state index contributed by atoms with van der Waals surface area (Å²) < 4.78 is 0. The van der Waals surface area contributed by atoms with E-state index in [1.807, 2.05) is 0 Å². The molecule has 0 aromatic rings. The first kappa shape index (κ1) is 10.4. The smallest absolute Gasteiger partial charge is 0.0385 e. The van der Waals surface area contributed by atoms with Crippen molar-refractivity contribution >= 4 is 0 Å². The minimum Gasteiger partial charge on any atom is -0.300 e. The van der Waals surface area contributed by atoms with Gasteiger partial charge in [0.2, 0.25) is 0 Å². The van der Waals surface area contributed by atoms with Crippen molar-refractivity contribution in [2.24, 2.45) is 5.11 Å². The Morgan fingerprint density at radius 3 is 3.08 bits per heavy atom. The molecule has 1 heterocycles. The van der Waals surface area contributed by atoms with Crippen molar-refractivity contribution in [1.82, 2.24) is 4.90 Å². The molecule has 1 rings (SSSR count). The quantitative estimate of drug-likeness (QED) is 0.374. The average molecular weight is 182 g/mol. The number of hydrogen-bond acceptors (Lipinski definition) is 2. The van der Waals surface area contributed by atoms with Crippen LogP contribution in [-0.4, -0.2) is 30.6 Å². The number of hydrogen-bond donors (Lipinski definition) is 0. The summed E-state index contributed by atoms with van der Waals surface area (Å²) in [6.07, 6.45) is 5.19. The van der Waals surface area contributed by atoms with Gasteiger partial charge >= 0.3 is 0 Å². The zero-order valence-electron chi connectivity index (χ0n) is 8.32. The summed E-state index contributed by atoms with van der Waals surface area (Å²) in [4.78, 5) is 5.23. The van der Waals surface area contributed by atoms with Gasteiger partial charge in [0.15, 0.2) is 0 Å². The molecule has 0 aliphatic carbocycles. The number of rotatable bonds is 4. The van der Waals surface area contributed by atoms with E-state index < -0.39 is 0 Å². The summed E-state index contributed by atoms with van der Waals surface area (Å²) in [5, 5.41) is 3.57. The van der Waals surface area contributed by atoms with Gasteiger partial charge in [0.05, 0.1) is 0 Å². The van der Waals surface area contributed by atoms with Crippen molar-refractivity contribution in [2.45, 2.75) is 38.6 Å². The molecule has 1 fully saturated rings. The SMILES string of the molecule is CCC1CCCCN1CCN=[N+]=[N-]. The van der Waals surface area contributed by atoms with Crippen LogP contribution in [0.1, 0.15) is 32.6 Å². The molecule has 1 atom stereocenters. The first-order valence-corrected chi connectivity index (χ1v) is 5.13. The van der Waals surface area contributed by atoms with Crippen LogP contribution in [0.15, 0.2) is 5.11 Å². The molecule has 0 saturated carbocycles. The number of piperidine rings is 1. The first-order chi connectivity index (χ1) is 6.38. The van der Waals surface area contributed by atoms with E-state index in [4.69, 9.17) is 5.53 Å². The molecular formula is C9H18N4. The Morgan fingerprint density at radius 1 is 1.54 bits per heavy atom. The molecule has 0 aromatic heterocycles. The fraction of sp³-hybridized carbons (Fsp3) is 1.00. The van der Waals surface area contributed by atoms with Gasteiger partial charge in [-0.3, -0.25) is 0 Å². The highest BCUT2D eigenvalue weighted by molar-refractivity contribution is 4.75. The molecule has 4 nitrogen and oxygen atoms in total. The predicted molar refractivity (Wildman–Crippen MR) is 53.5 cm³/mol. The Balaban J connectivity index is 2.31. The van der Waals surface area contributed by atoms with Gasteiger partial charge in [-0.15, -0.1) is 0 Å². The standard InChI is InChI=1S/C9H18N4/c1-2-9-5-3-4-7-13(9)8-6-11-12-10/h9H,2-8H2,1H3. The Labute approximate surface area is 79.5 Å². The molecule has 0 aromatic carbocycles. The fourth-order valence-corrected chi connectivity index (χ4v) is 2.03. The van der Waals surface area contributed by atoms with Crippen LogP contribution < -0.4 is 0 Å². The average Bonchev–Trinajstić information content (AvgIpc) is 2.19. The molecule has 13 heavy (non-hydrogen) atoms. The third-order valence-electron chi connectivity index (χ3n) is 2.77. The van der Waals surface area contributed by atoms with Gasteiger partial charge in [-0.1, -0.05) is 18.5 Å². The van der Waals surface area contributed by atoms with Crippen molar-refractivity contribution in [3.05, 3.63) is 10.4 Å². The molecule has 74 valence electrons. The maximum Gasteiger partial charge on any atom is 0.0385 e. The lowest BCUT2D eigenvalue weighted by Crippen LogP contribution is -2.40. The van der Waals surface area contributed by atoms with Crippen molar-refractivity contribution in [3.8, 4) is 0 Å². The molecule has 1 unspecified atom stereocenters. The van der Waals surface area contributed by atoms with Crippen LogP contribution in [0.5, 0.6) is 0 Å². The normalized spacial score (nSPS) is 23.9. The predicted octanol–water partition coefficient (Wildman–Crippen LogP) is 2.56. The van der Waals surface area contributed by atoms with E-state index in [9.17, 15) is 0 Å². The topological polar surface area (TPSA) is 52.0 Å². The summed E-state index contributed by atoms with van der Waals surface area (Å²) in [6.45, 7) is 4.96. The van der Waals surface area contributed by atoms with Gasteiger partial charge in [-0.2, -0.15) is 0 Å². The molecule has 0 N–H and O–H groups in total. The van der Waals surface area contributed by atoms with Crippen LogP contribution in [0.4, 0.5) is 0 Å². The molecule has 0 bridgehead atoms. The molecule has 0 radical (unpaired) electrons. The second kappa shape index (κ2) is 5.84. The molecule has 1 saturated heterocycles. The van der Waals surface area contributed by atoms with Crippen LogP contribution in [0.3, 0.4) is 0 Å². The van der Waals surface area contributed by atoms with Crippen LogP contribution in [0, 0.1) is 0 Å². The Kier molecular flexibility index (Phi) is 4.65. The second-order valence-corrected chi connectivity index (χ2v) is 3.55.